The van der Waals surface area contributed by atoms with Crippen molar-refractivity contribution in [1.29, 1.82) is 0 Å². The summed E-state index contributed by atoms with van der Waals surface area (Å²) in [5.41, 5.74) is 1.19. The van der Waals surface area contributed by atoms with Gasteiger partial charge in [-0.2, -0.15) is 4.98 Å². The molecule has 1 aromatic heterocycles. The van der Waals surface area contributed by atoms with Crippen molar-refractivity contribution in [2.24, 2.45) is 4.99 Å². The topological polar surface area (TPSA) is 75.8 Å². The minimum Gasteiger partial charge on any atom is -0.497 e. The molecule has 1 heterocycles. The fourth-order valence-electron chi connectivity index (χ4n) is 2.25. The number of ether oxygens (including phenoxy) is 1. The van der Waals surface area contributed by atoms with E-state index >= 15 is 0 Å². The summed E-state index contributed by atoms with van der Waals surface area (Å²) in [5.74, 6) is 2.98. The van der Waals surface area contributed by atoms with Crippen LogP contribution < -0.4 is 10.1 Å². The fourth-order valence-corrected chi connectivity index (χ4v) is 2.25. The molecule has 0 saturated carbocycles. The van der Waals surface area contributed by atoms with Crippen LogP contribution in [0.3, 0.4) is 0 Å². The molecule has 0 fully saturated rings. The number of aliphatic imine (C=N–C) groups is 1. The molecule has 1 N–H and O–H groups in total. The van der Waals surface area contributed by atoms with Gasteiger partial charge in [0.2, 0.25) is 5.89 Å². The Hall–Kier alpha value is -2.57. The zero-order valence-electron chi connectivity index (χ0n) is 14.7. The standard InChI is InChI=1S/C17H25N5O2/c1-5-18-17(19-11-10-16-20-13(2)21-24-16)22(3)12-14-6-8-15(23-4)9-7-14/h6-9H,5,10-12H2,1-4H3,(H,18,19). The highest BCUT2D eigenvalue weighted by Crippen LogP contribution is 2.12. The molecule has 0 unspecified atom stereocenters. The van der Waals surface area contributed by atoms with E-state index in [2.05, 4.69) is 44.4 Å². The quantitative estimate of drug-likeness (QED) is 0.618. The largest absolute Gasteiger partial charge is 0.497 e. The first-order valence-electron chi connectivity index (χ1n) is 8.04. The summed E-state index contributed by atoms with van der Waals surface area (Å²) in [7, 11) is 3.69. The van der Waals surface area contributed by atoms with E-state index < -0.39 is 0 Å². The molecule has 2 aromatic rings. The monoisotopic (exact) mass is 331 g/mol. The number of aryl methyl sites for hydroxylation is 1. The van der Waals surface area contributed by atoms with E-state index in [1.165, 1.54) is 5.56 Å². The van der Waals surface area contributed by atoms with Crippen LogP contribution in [0.25, 0.3) is 0 Å². The molecule has 1 aromatic carbocycles. The van der Waals surface area contributed by atoms with Crippen LogP contribution in [0.5, 0.6) is 5.75 Å². The number of guanidine groups is 1. The summed E-state index contributed by atoms with van der Waals surface area (Å²) < 4.78 is 10.3. The predicted molar refractivity (Wildman–Crippen MR) is 93.2 cm³/mol. The van der Waals surface area contributed by atoms with Crippen molar-refractivity contribution < 1.29 is 9.26 Å². The van der Waals surface area contributed by atoms with Crippen LogP contribution in [0.2, 0.25) is 0 Å². The molecule has 0 radical (unpaired) electrons. The third-order valence-corrected chi connectivity index (χ3v) is 3.43. The molecule has 0 amide bonds. The van der Waals surface area contributed by atoms with Gasteiger partial charge in [0.25, 0.3) is 0 Å². The number of nitrogens with one attached hydrogen (secondary N) is 1. The van der Waals surface area contributed by atoms with Crippen molar-refractivity contribution in [3.05, 3.63) is 41.5 Å². The summed E-state index contributed by atoms with van der Waals surface area (Å²) in [6.07, 6.45) is 0.631. The third-order valence-electron chi connectivity index (χ3n) is 3.43. The van der Waals surface area contributed by atoms with Gasteiger partial charge in [-0.05, 0) is 31.5 Å². The Balaban J connectivity index is 1.94. The van der Waals surface area contributed by atoms with Gasteiger partial charge in [0.1, 0.15) is 5.75 Å². The molecule has 0 aliphatic rings. The zero-order chi connectivity index (χ0) is 17.4. The lowest BCUT2D eigenvalue weighted by Crippen LogP contribution is -2.38. The van der Waals surface area contributed by atoms with E-state index in [-0.39, 0.29) is 0 Å². The predicted octanol–water partition coefficient (Wildman–Crippen LogP) is 2.03. The number of hydrogen-bond donors (Lipinski definition) is 1. The first kappa shape index (κ1) is 17.8. The lowest BCUT2D eigenvalue weighted by atomic mass is 10.2. The summed E-state index contributed by atoms with van der Waals surface area (Å²) >= 11 is 0. The van der Waals surface area contributed by atoms with Crippen molar-refractivity contribution in [3.63, 3.8) is 0 Å². The molecular weight excluding hydrogens is 306 g/mol. The first-order valence-corrected chi connectivity index (χ1v) is 8.04. The van der Waals surface area contributed by atoms with E-state index in [1.807, 2.05) is 26.1 Å². The fraction of sp³-hybridized carbons (Fsp3) is 0.471. The van der Waals surface area contributed by atoms with Crippen LogP contribution >= 0.6 is 0 Å². The van der Waals surface area contributed by atoms with Gasteiger partial charge < -0.3 is 19.5 Å². The van der Waals surface area contributed by atoms with Gasteiger partial charge in [0.15, 0.2) is 11.8 Å². The second-order valence-corrected chi connectivity index (χ2v) is 5.43. The molecular formula is C17H25N5O2. The van der Waals surface area contributed by atoms with E-state index in [9.17, 15) is 0 Å². The summed E-state index contributed by atoms with van der Waals surface area (Å²) in [6, 6.07) is 8.04. The van der Waals surface area contributed by atoms with Crippen LogP contribution in [0.1, 0.15) is 24.2 Å². The average Bonchev–Trinajstić information content (AvgIpc) is 3.00. The van der Waals surface area contributed by atoms with Crippen molar-refractivity contribution in [2.75, 3.05) is 27.2 Å². The van der Waals surface area contributed by atoms with E-state index in [1.54, 1.807) is 7.11 Å². The molecule has 0 atom stereocenters. The van der Waals surface area contributed by atoms with Gasteiger partial charge in [-0.3, -0.25) is 4.99 Å². The molecule has 7 heteroatoms. The molecule has 130 valence electrons. The highest BCUT2D eigenvalue weighted by Gasteiger charge is 2.08. The summed E-state index contributed by atoms with van der Waals surface area (Å²) in [4.78, 5) is 10.9. The first-order chi connectivity index (χ1) is 11.6. The van der Waals surface area contributed by atoms with Crippen molar-refractivity contribution in [3.8, 4) is 5.75 Å². The Kier molecular flexibility index (Phi) is 6.60. The SMILES string of the molecule is CCNC(=NCCc1nc(C)no1)N(C)Cc1ccc(OC)cc1. The number of hydrogen-bond acceptors (Lipinski definition) is 5. The van der Waals surface area contributed by atoms with E-state index in [0.717, 1.165) is 24.8 Å². The summed E-state index contributed by atoms with van der Waals surface area (Å²) in [6.45, 7) is 6.03. The Morgan fingerprint density at radius 1 is 1.33 bits per heavy atom. The molecule has 0 saturated heterocycles. The van der Waals surface area contributed by atoms with Gasteiger partial charge in [-0.25, -0.2) is 0 Å². The average molecular weight is 331 g/mol. The number of benzene rings is 1. The number of nitrogens with zero attached hydrogens (tertiary/aromatic N) is 4. The van der Waals surface area contributed by atoms with Gasteiger partial charge >= 0.3 is 0 Å². The van der Waals surface area contributed by atoms with Gasteiger partial charge in [0, 0.05) is 26.6 Å². The maximum Gasteiger partial charge on any atom is 0.228 e. The van der Waals surface area contributed by atoms with Crippen LogP contribution in [0, 0.1) is 6.92 Å². The molecule has 0 spiro atoms. The van der Waals surface area contributed by atoms with E-state index in [4.69, 9.17) is 9.26 Å². The molecule has 7 nitrogen and oxygen atoms in total. The minimum absolute atomic E-state index is 0.594. The molecule has 2 rings (SSSR count). The zero-order valence-corrected chi connectivity index (χ0v) is 14.7. The van der Waals surface area contributed by atoms with Gasteiger partial charge in [0.05, 0.1) is 13.7 Å². The highest BCUT2D eigenvalue weighted by atomic mass is 16.5. The van der Waals surface area contributed by atoms with Crippen LogP contribution in [0.15, 0.2) is 33.8 Å². The van der Waals surface area contributed by atoms with Crippen LogP contribution in [-0.2, 0) is 13.0 Å². The minimum atomic E-state index is 0.594. The Labute approximate surface area is 142 Å². The van der Waals surface area contributed by atoms with Gasteiger partial charge in [-0.15, -0.1) is 0 Å². The van der Waals surface area contributed by atoms with Crippen molar-refractivity contribution in [1.82, 2.24) is 20.4 Å². The van der Waals surface area contributed by atoms with E-state index in [0.29, 0.717) is 24.7 Å². The smallest absolute Gasteiger partial charge is 0.228 e. The Morgan fingerprint density at radius 3 is 2.67 bits per heavy atom. The highest BCUT2D eigenvalue weighted by molar-refractivity contribution is 5.79. The van der Waals surface area contributed by atoms with Crippen molar-refractivity contribution in [2.45, 2.75) is 26.8 Å². The molecule has 0 bridgehead atoms. The van der Waals surface area contributed by atoms with Crippen molar-refractivity contribution >= 4 is 5.96 Å². The lowest BCUT2D eigenvalue weighted by Gasteiger charge is -2.22. The lowest BCUT2D eigenvalue weighted by molar-refractivity contribution is 0.375. The Bertz CT molecular complexity index is 651. The van der Waals surface area contributed by atoms with Crippen LogP contribution in [-0.4, -0.2) is 48.2 Å². The normalized spacial score (nSPS) is 11.4. The number of methoxy groups -OCH3 is 1. The summed E-state index contributed by atoms with van der Waals surface area (Å²) in [5, 5.41) is 7.09. The second kappa shape index (κ2) is 8.90. The molecule has 0 aliphatic heterocycles. The van der Waals surface area contributed by atoms with Gasteiger partial charge in [-0.1, -0.05) is 17.3 Å². The number of rotatable bonds is 7. The Morgan fingerprint density at radius 2 is 2.08 bits per heavy atom. The third kappa shape index (κ3) is 5.26. The maximum absolute atomic E-state index is 5.19. The molecule has 0 aliphatic carbocycles. The molecule has 24 heavy (non-hydrogen) atoms. The maximum atomic E-state index is 5.19. The second-order valence-electron chi connectivity index (χ2n) is 5.43. The number of aromatic nitrogens is 2. The van der Waals surface area contributed by atoms with Crippen LogP contribution in [0.4, 0.5) is 0 Å².